The summed E-state index contributed by atoms with van der Waals surface area (Å²) in [4.78, 5) is 32.1. The maximum Gasteiger partial charge on any atom is 0.249 e. The zero-order valence-electron chi connectivity index (χ0n) is 21.0. The zero-order valence-corrected chi connectivity index (χ0v) is 21.8. The molecule has 4 N–H and O–H groups in total. The number of hydrazine groups is 1. The van der Waals surface area contributed by atoms with E-state index < -0.39 is 50.9 Å². The molecule has 0 spiro atoms. The van der Waals surface area contributed by atoms with Gasteiger partial charge in [-0.1, -0.05) is 56.3 Å². The maximum atomic E-state index is 13.7. The third kappa shape index (κ3) is 7.61. The number of carbonyl (C=O) groups is 2. The van der Waals surface area contributed by atoms with Crippen molar-refractivity contribution in [3.8, 4) is 6.07 Å². The Morgan fingerprint density at radius 1 is 1.28 bits per heavy atom. The Morgan fingerprint density at radius 3 is 2.50 bits per heavy atom. The van der Waals surface area contributed by atoms with Gasteiger partial charge in [0.15, 0.2) is 16.1 Å². The Hall–Kier alpha value is -2.78. The molecular weight excluding hydrogens is 484 g/mol. The number of rotatable bonds is 12. The summed E-state index contributed by atoms with van der Waals surface area (Å²) in [6.45, 7) is 4.14. The van der Waals surface area contributed by atoms with Crippen LogP contribution in [0.3, 0.4) is 0 Å². The monoisotopic (exact) mass is 520 g/mol. The smallest absolute Gasteiger partial charge is 0.249 e. The molecule has 1 aromatic carbocycles. The number of benzene rings is 1. The molecule has 0 bridgehead atoms. The SMILES string of the molecule is CC(C)C[C@@H](C(=O)NN)[C@@H](C(=O)NOC1CCCCO1)C(/C=C/c1ccccc1)(CC#N)S(C)(=O)=O. The molecule has 1 aliphatic rings. The van der Waals surface area contributed by atoms with Crippen molar-refractivity contribution in [2.75, 3.05) is 12.9 Å². The third-order valence-electron chi connectivity index (χ3n) is 6.25. The van der Waals surface area contributed by atoms with E-state index in [9.17, 15) is 23.3 Å². The quantitative estimate of drug-likeness (QED) is 0.215. The van der Waals surface area contributed by atoms with E-state index >= 15 is 0 Å². The summed E-state index contributed by atoms with van der Waals surface area (Å²) in [5.41, 5.74) is 5.06. The number of hydrogen-bond acceptors (Lipinski definition) is 8. The van der Waals surface area contributed by atoms with Gasteiger partial charge in [-0.15, -0.1) is 0 Å². The number of nitrogens with two attached hydrogens (primary N) is 1. The maximum absolute atomic E-state index is 13.7. The molecule has 1 saturated heterocycles. The van der Waals surface area contributed by atoms with Gasteiger partial charge in [-0.05, 0) is 30.7 Å². The molecule has 11 heteroatoms. The summed E-state index contributed by atoms with van der Waals surface area (Å²) < 4.78 is 30.2. The number of nitriles is 1. The highest BCUT2D eigenvalue weighted by molar-refractivity contribution is 7.92. The first kappa shape index (κ1) is 29.5. The van der Waals surface area contributed by atoms with Crippen molar-refractivity contribution in [1.82, 2.24) is 10.9 Å². The van der Waals surface area contributed by atoms with E-state index in [-0.39, 0.29) is 12.3 Å². The lowest BCUT2D eigenvalue weighted by Crippen LogP contribution is -2.57. The molecule has 4 atom stereocenters. The lowest BCUT2D eigenvalue weighted by Gasteiger charge is -2.39. The largest absolute Gasteiger partial charge is 0.350 e. The molecule has 2 amide bonds. The second kappa shape index (κ2) is 13.5. The van der Waals surface area contributed by atoms with Gasteiger partial charge in [-0.25, -0.2) is 24.6 Å². The molecule has 1 aliphatic heterocycles. The van der Waals surface area contributed by atoms with Gasteiger partial charge in [0.1, 0.15) is 4.75 Å². The summed E-state index contributed by atoms with van der Waals surface area (Å²) in [7, 11) is -4.15. The molecule has 2 rings (SSSR count). The molecule has 1 heterocycles. The van der Waals surface area contributed by atoms with Gasteiger partial charge >= 0.3 is 0 Å². The van der Waals surface area contributed by atoms with Crippen LogP contribution < -0.4 is 16.7 Å². The predicted molar refractivity (Wildman–Crippen MR) is 135 cm³/mol. The highest BCUT2D eigenvalue weighted by atomic mass is 32.2. The second-order valence-electron chi connectivity index (χ2n) is 9.41. The highest BCUT2D eigenvalue weighted by Gasteiger charge is 2.54. The molecule has 0 aliphatic carbocycles. The number of amides is 2. The van der Waals surface area contributed by atoms with Crippen LogP contribution in [-0.2, 0) is 29.0 Å². The minimum absolute atomic E-state index is 0.0948. The van der Waals surface area contributed by atoms with Crippen LogP contribution in [0, 0.1) is 29.1 Å². The fourth-order valence-corrected chi connectivity index (χ4v) is 5.80. The van der Waals surface area contributed by atoms with Gasteiger partial charge in [0.2, 0.25) is 11.8 Å². The van der Waals surface area contributed by atoms with Crippen LogP contribution in [0.5, 0.6) is 0 Å². The predicted octanol–water partition coefficient (Wildman–Crippen LogP) is 2.24. The van der Waals surface area contributed by atoms with Crippen LogP contribution in [0.25, 0.3) is 6.08 Å². The Balaban J connectivity index is 2.65. The van der Waals surface area contributed by atoms with Crippen LogP contribution in [0.1, 0.15) is 51.5 Å². The first-order chi connectivity index (χ1) is 17.1. The van der Waals surface area contributed by atoms with E-state index in [2.05, 4.69) is 10.9 Å². The normalized spacial score (nSPS) is 19.7. The average molecular weight is 521 g/mol. The van der Waals surface area contributed by atoms with Crippen LogP contribution in [0.2, 0.25) is 0 Å². The summed E-state index contributed by atoms with van der Waals surface area (Å²) in [5.74, 6) is 1.10. The number of ether oxygens (including phenoxy) is 1. The molecule has 198 valence electrons. The molecular formula is C25H36N4O6S. The van der Waals surface area contributed by atoms with Gasteiger partial charge in [-0.2, -0.15) is 5.26 Å². The molecule has 1 aromatic rings. The number of hydroxylamine groups is 1. The van der Waals surface area contributed by atoms with Crippen molar-refractivity contribution in [2.24, 2.45) is 23.6 Å². The number of hydrogen-bond donors (Lipinski definition) is 3. The number of nitrogens with zero attached hydrogens (tertiary/aromatic N) is 1. The van der Waals surface area contributed by atoms with Gasteiger partial charge in [0.05, 0.1) is 24.3 Å². The van der Waals surface area contributed by atoms with Gasteiger partial charge in [0.25, 0.3) is 0 Å². The fourth-order valence-electron chi connectivity index (χ4n) is 4.43. The van der Waals surface area contributed by atoms with Crippen molar-refractivity contribution in [2.45, 2.75) is 57.0 Å². The summed E-state index contributed by atoms with van der Waals surface area (Å²) in [6, 6.07) is 10.8. The van der Waals surface area contributed by atoms with Crippen molar-refractivity contribution in [3.63, 3.8) is 0 Å². The number of sulfone groups is 1. The number of carbonyl (C=O) groups excluding carboxylic acids is 2. The Labute approximate surface area is 213 Å². The van der Waals surface area contributed by atoms with Crippen LogP contribution >= 0.6 is 0 Å². The fraction of sp³-hybridized carbons (Fsp3) is 0.560. The first-order valence-corrected chi connectivity index (χ1v) is 13.8. The average Bonchev–Trinajstić information content (AvgIpc) is 2.85. The van der Waals surface area contributed by atoms with E-state index in [0.29, 0.717) is 18.6 Å². The Kier molecular flexibility index (Phi) is 11.0. The van der Waals surface area contributed by atoms with E-state index in [4.69, 9.17) is 15.4 Å². The molecule has 2 unspecified atom stereocenters. The number of nitrogens with one attached hydrogen (secondary N) is 2. The lowest BCUT2D eigenvalue weighted by atomic mass is 9.74. The van der Waals surface area contributed by atoms with E-state index in [1.165, 1.54) is 12.2 Å². The van der Waals surface area contributed by atoms with Crippen molar-refractivity contribution >= 4 is 27.7 Å². The standard InChI is InChI=1S/C25H36N4O6S/c1-18(2)17-20(23(30)28-27)22(24(31)29-35-21-11-7-8-16-34-21)25(14-15-26,36(3,32)33)13-12-19-9-5-4-6-10-19/h4-6,9-10,12-13,18,20-22H,7-8,11,14,16-17,27H2,1-3H3,(H,28,30)(H,29,31)/b13-12+/t20-,21?,22+,25?/m1/s1. The van der Waals surface area contributed by atoms with Crippen LogP contribution in [0.15, 0.2) is 36.4 Å². The van der Waals surface area contributed by atoms with Crippen LogP contribution in [0.4, 0.5) is 0 Å². The van der Waals surface area contributed by atoms with E-state index in [1.54, 1.807) is 24.3 Å². The zero-order chi connectivity index (χ0) is 26.8. The topological polar surface area (TPSA) is 161 Å². The molecule has 36 heavy (non-hydrogen) atoms. The van der Waals surface area contributed by atoms with Crippen molar-refractivity contribution in [3.05, 3.63) is 42.0 Å². The molecule has 10 nitrogen and oxygen atoms in total. The van der Waals surface area contributed by atoms with Gasteiger partial charge in [0, 0.05) is 19.3 Å². The Bertz CT molecular complexity index is 1050. The van der Waals surface area contributed by atoms with E-state index in [1.807, 2.05) is 26.0 Å². The van der Waals surface area contributed by atoms with Gasteiger partial charge < -0.3 is 4.74 Å². The van der Waals surface area contributed by atoms with E-state index in [0.717, 1.165) is 19.1 Å². The second-order valence-corrected chi connectivity index (χ2v) is 11.7. The highest BCUT2D eigenvalue weighted by Crippen LogP contribution is 2.40. The third-order valence-corrected chi connectivity index (χ3v) is 8.16. The lowest BCUT2D eigenvalue weighted by molar-refractivity contribution is -0.203. The minimum Gasteiger partial charge on any atom is -0.350 e. The minimum atomic E-state index is -4.15. The first-order valence-electron chi connectivity index (χ1n) is 11.9. The molecule has 1 fully saturated rings. The molecule has 0 aromatic heterocycles. The molecule has 0 saturated carbocycles. The van der Waals surface area contributed by atoms with Crippen molar-refractivity contribution in [1.29, 1.82) is 5.26 Å². The van der Waals surface area contributed by atoms with Gasteiger partial charge in [-0.3, -0.25) is 15.0 Å². The Morgan fingerprint density at radius 2 is 1.97 bits per heavy atom. The summed E-state index contributed by atoms with van der Waals surface area (Å²) in [5, 5.41) is 9.73. The molecule has 0 radical (unpaired) electrons. The summed E-state index contributed by atoms with van der Waals surface area (Å²) >= 11 is 0. The summed E-state index contributed by atoms with van der Waals surface area (Å²) in [6.07, 6.45) is 4.96. The van der Waals surface area contributed by atoms with Crippen LogP contribution in [-0.4, -0.2) is 44.1 Å². The van der Waals surface area contributed by atoms with Crippen molar-refractivity contribution < 1.29 is 27.6 Å².